The number of fused-ring (bicyclic) bond motifs is 2. The van der Waals surface area contributed by atoms with Gasteiger partial charge in [0.1, 0.15) is 5.60 Å². The minimum absolute atomic E-state index is 0.194. The number of ether oxygens (including phenoxy) is 1. The van der Waals surface area contributed by atoms with Gasteiger partial charge in [-0.25, -0.2) is 4.79 Å². The normalized spacial score (nSPS) is 29.9. The zero-order chi connectivity index (χ0) is 13.9. The van der Waals surface area contributed by atoms with Gasteiger partial charge in [0, 0.05) is 25.1 Å². The van der Waals surface area contributed by atoms with Crippen molar-refractivity contribution in [2.45, 2.75) is 58.3 Å². The highest BCUT2D eigenvalue weighted by molar-refractivity contribution is 5.69. The van der Waals surface area contributed by atoms with Crippen molar-refractivity contribution in [1.82, 2.24) is 4.90 Å². The van der Waals surface area contributed by atoms with Crippen LogP contribution in [0.15, 0.2) is 0 Å². The zero-order valence-electron chi connectivity index (χ0n) is 11.7. The second kappa shape index (κ2) is 5.89. The standard InChI is InChI=1S/C11H19NO3.C2H6O/c1-11(2,3)15-10(14)12-6-7-4-8(12)5-9(7)13;1-2-3/h7-9,13H,4-6H2,1-3H3;3H,2H2,1H3. The molecule has 5 nitrogen and oxygen atoms in total. The summed E-state index contributed by atoms with van der Waals surface area (Å²) in [6, 6.07) is 0.194. The highest BCUT2D eigenvalue weighted by atomic mass is 16.6. The van der Waals surface area contributed by atoms with Gasteiger partial charge in [0.05, 0.1) is 6.10 Å². The molecule has 2 fully saturated rings. The van der Waals surface area contributed by atoms with Gasteiger partial charge < -0.3 is 19.8 Å². The molecule has 0 aromatic carbocycles. The molecule has 5 heteroatoms. The lowest BCUT2D eigenvalue weighted by atomic mass is 10.1. The van der Waals surface area contributed by atoms with Gasteiger partial charge in [0.2, 0.25) is 0 Å². The minimum Gasteiger partial charge on any atom is -0.444 e. The number of piperidine rings is 1. The third kappa shape index (κ3) is 3.85. The van der Waals surface area contributed by atoms with E-state index in [9.17, 15) is 9.90 Å². The first kappa shape index (κ1) is 15.2. The number of rotatable bonds is 0. The van der Waals surface area contributed by atoms with Crippen LogP contribution in [0.1, 0.15) is 40.5 Å². The molecule has 0 radical (unpaired) electrons. The van der Waals surface area contributed by atoms with Crippen molar-refractivity contribution in [2.75, 3.05) is 13.2 Å². The molecule has 0 aromatic heterocycles. The molecule has 1 amide bonds. The average Bonchev–Trinajstić information content (AvgIpc) is 2.74. The zero-order valence-corrected chi connectivity index (χ0v) is 11.7. The van der Waals surface area contributed by atoms with E-state index in [0.29, 0.717) is 13.0 Å². The van der Waals surface area contributed by atoms with E-state index in [1.165, 1.54) is 0 Å². The van der Waals surface area contributed by atoms with E-state index < -0.39 is 5.60 Å². The summed E-state index contributed by atoms with van der Waals surface area (Å²) >= 11 is 0. The fourth-order valence-electron chi connectivity index (χ4n) is 2.47. The van der Waals surface area contributed by atoms with E-state index in [-0.39, 0.29) is 30.8 Å². The number of carbonyl (C=O) groups is 1. The minimum atomic E-state index is -0.433. The van der Waals surface area contributed by atoms with E-state index in [4.69, 9.17) is 9.84 Å². The summed E-state index contributed by atoms with van der Waals surface area (Å²) < 4.78 is 5.31. The molecule has 1 heterocycles. The predicted octanol–water partition coefficient (Wildman–Crippen LogP) is 1.38. The number of amides is 1. The second-order valence-corrected chi connectivity index (χ2v) is 5.90. The van der Waals surface area contributed by atoms with Crippen molar-refractivity contribution in [3.05, 3.63) is 0 Å². The van der Waals surface area contributed by atoms with Crippen LogP contribution >= 0.6 is 0 Å². The van der Waals surface area contributed by atoms with Gasteiger partial charge in [-0.2, -0.15) is 0 Å². The Hall–Kier alpha value is -0.810. The van der Waals surface area contributed by atoms with E-state index >= 15 is 0 Å². The summed E-state index contributed by atoms with van der Waals surface area (Å²) in [5, 5.41) is 17.1. The lowest BCUT2D eigenvalue weighted by Gasteiger charge is -2.31. The summed E-state index contributed by atoms with van der Waals surface area (Å²) in [4.78, 5) is 13.5. The highest BCUT2D eigenvalue weighted by Crippen LogP contribution is 2.38. The number of aliphatic hydroxyl groups is 2. The third-order valence-corrected chi connectivity index (χ3v) is 3.13. The fourth-order valence-corrected chi connectivity index (χ4v) is 2.47. The molecule has 0 spiro atoms. The van der Waals surface area contributed by atoms with Gasteiger partial charge in [-0.15, -0.1) is 0 Å². The van der Waals surface area contributed by atoms with Crippen LogP contribution in [0, 0.1) is 5.92 Å². The molecule has 18 heavy (non-hydrogen) atoms. The fraction of sp³-hybridized carbons (Fsp3) is 0.923. The molecule has 0 aromatic rings. The van der Waals surface area contributed by atoms with Crippen molar-refractivity contribution < 1.29 is 19.7 Å². The first-order valence-electron chi connectivity index (χ1n) is 6.57. The Balaban J connectivity index is 0.000000492. The van der Waals surface area contributed by atoms with Crippen LogP contribution in [-0.4, -0.2) is 52.1 Å². The summed E-state index contributed by atoms with van der Waals surface area (Å²) in [5.41, 5.74) is -0.433. The van der Waals surface area contributed by atoms with Crippen molar-refractivity contribution in [1.29, 1.82) is 0 Å². The topological polar surface area (TPSA) is 70.0 Å². The number of carbonyl (C=O) groups excluding carboxylic acids is 1. The Kier molecular flexibility index (Phi) is 4.99. The quantitative estimate of drug-likeness (QED) is 0.689. The molecule has 1 saturated carbocycles. The lowest BCUT2D eigenvalue weighted by molar-refractivity contribution is 0.00787. The van der Waals surface area contributed by atoms with Crippen LogP contribution in [0.2, 0.25) is 0 Å². The van der Waals surface area contributed by atoms with Gasteiger partial charge in [-0.1, -0.05) is 0 Å². The maximum absolute atomic E-state index is 11.8. The molecule has 2 bridgehead atoms. The number of hydrogen-bond acceptors (Lipinski definition) is 4. The molecule has 2 rings (SSSR count). The number of hydrogen-bond donors (Lipinski definition) is 2. The molecule has 2 N–H and O–H groups in total. The molecular formula is C13H25NO4. The van der Waals surface area contributed by atoms with E-state index in [1.54, 1.807) is 11.8 Å². The van der Waals surface area contributed by atoms with Gasteiger partial charge in [-0.05, 0) is 40.5 Å². The van der Waals surface area contributed by atoms with Crippen LogP contribution in [0.4, 0.5) is 4.79 Å². The Bertz CT molecular complexity index is 285. The molecule has 1 aliphatic carbocycles. The van der Waals surface area contributed by atoms with Crippen molar-refractivity contribution in [3.8, 4) is 0 Å². The number of aliphatic hydroxyl groups excluding tert-OH is 2. The van der Waals surface area contributed by atoms with Crippen LogP contribution in [0.25, 0.3) is 0 Å². The first-order valence-corrected chi connectivity index (χ1v) is 6.57. The van der Waals surface area contributed by atoms with Crippen molar-refractivity contribution in [2.24, 2.45) is 5.92 Å². The summed E-state index contributed by atoms with van der Waals surface area (Å²) in [6.45, 7) is 8.19. The highest BCUT2D eigenvalue weighted by Gasteiger charge is 2.46. The first-order chi connectivity index (χ1) is 8.28. The van der Waals surface area contributed by atoms with Crippen LogP contribution < -0.4 is 0 Å². The number of nitrogens with zero attached hydrogens (tertiary/aromatic N) is 1. The monoisotopic (exact) mass is 259 g/mol. The van der Waals surface area contributed by atoms with Crippen LogP contribution in [0.3, 0.4) is 0 Å². The van der Waals surface area contributed by atoms with Crippen molar-refractivity contribution in [3.63, 3.8) is 0 Å². The Morgan fingerprint density at radius 1 is 1.39 bits per heavy atom. The molecular weight excluding hydrogens is 234 g/mol. The van der Waals surface area contributed by atoms with E-state index in [0.717, 1.165) is 6.42 Å². The van der Waals surface area contributed by atoms with Crippen LogP contribution in [0.5, 0.6) is 0 Å². The molecule has 3 atom stereocenters. The molecule has 3 unspecified atom stereocenters. The largest absolute Gasteiger partial charge is 0.444 e. The maximum atomic E-state index is 11.8. The average molecular weight is 259 g/mol. The number of likely N-dealkylation sites (tertiary alicyclic amines) is 1. The van der Waals surface area contributed by atoms with Gasteiger partial charge >= 0.3 is 6.09 Å². The van der Waals surface area contributed by atoms with Gasteiger partial charge in [-0.3, -0.25) is 0 Å². The smallest absolute Gasteiger partial charge is 0.410 e. The molecule has 2 aliphatic rings. The maximum Gasteiger partial charge on any atom is 0.410 e. The SMILES string of the molecule is CC(C)(C)OC(=O)N1CC2CC1CC2O.CCO. The summed E-state index contributed by atoms with van der Waals surface area (Å²) in [6.07, 6.45) is 1.19. The van der Waals surface area contributed by atoms with Crippen LogP contribution in [-0.2, 0) is 4.74 Å². The Morgan fingerprint density at radius 3 is 2.28 bits per heavy atom. The molecule has 1 aliphatic heterocycles. The van der Waals surface area contributed by atoms with E-state index in [2.05, 4.69) is 0 Å². The Morgan fingerprint density at radius 2 is 1.94 bits per heavy atom. The molecule has 1 saturated heterocycles. The third-order valence-electron chi connectivity index (χ3n) is 3.13. The summed E-state index contributed by atoms with van der Waals surface area (Å²) in [7, 11) is 0. The predicted molar refractivity (Wildman–Crippen MR) is 68.2 cm³/mol. The lowest BCUT2D eigenvalue weighted by Crippen LogP contribution is -2.44. The summed E-state index contributed by atoms with van der Waals surface area (Å²) in [5.74, 6) is 0.266. The van der Waals surface area contributed by atoms with Gasteiger partial charge in [0.15, 0.2) is 0 Å². The Labute approximate surface area is 109 Å². The second-order valence-electron chi connectivity index (χ2n) is 5.90. The van der Waals surface area contributed by atoms with E-state index in [1.807, 2.05) is 20.8 Å². The molecule has 106 valence electrons. The van der Waals surface area contributed by atoms with Crippen molar-refractivity contribution >= 4 is 6.09 Å². The van der Waals surface area contributed by atoms with Gasteiger partial charge in [0.25, 0.3) is 0 Å².